The maximum atomic E-state index is 6.27. The molecule has 0 aromatic carbocycles. The van der Waals surface area contributed by atoms with Gasteiger partial charge in [-0.15, -0.1) is 11.6 Å². The molecule has 0 spiro atoms. The van der Waals surface area contributed by atoms with Crippen LogP contribution in [0.1, 0.15) is 77.6 Å². The summed E-state index contributed by atoms with van der Waals surface area (Å²) in [5.41, 5.74) is 1.70. The highest BCUT2D eigenvalue weighted by Gasteiger charge is 2.38. The van der Waals surface area contributed by atoms with Crippen LogP contribution < -0.4 is 0 Å². The third kappa shape index (κ3) is 3.81. The number of halogens is 1. The third-order valence-electron chi connectivity index (χ3n) is 6.22. The molecule has 5 atom stereocenters. The van der Waals surface area contributed by atoms with Gasteiger partial charge >= 0.3 is 0 Å². The van der Waals surface area contributed by atoms with E-state index in [-0.39, 0.29) is 0 Å². The molecule has 0 nitrogen and oxygen atoms in total. The maximum absolute atomic E-state index is 6.27. The second-order valence-corrected chi connectivity index (χ2v) is 8.51. The Labute approximate surface area is 130 Å². The normalized spacial score (nSPS) is 38.6. The molecule has 0 heterocycles. The Morgan fingerprint density at radius 2 is 2.10 bits per heavy atom. The van der Waals surface area contributed by atoms with Gasteiger partial charge in [0.1, 0.15) is 0 Å². The van der Waals surface area contributed by atoms with E-state index in [1.54, 1.807) is 31.3 Å². The molecule has 2 saturated carbocycles. The van der Waals surface area contributed by atoms with E-state index < -0.39 is 0 Å². The first-order chi connectivity index (χ1) is 9.70. The van der Waals surface area contributed by atoms with Crippen molar-refractivity contribution < 1.29 is 0 Å². The van der Waals surface area contributed by atoms with Crippen molar-refractivity contribution in [2.75, 3.05) is 0 Å². The molecule has 0 saturated heterocycles. The summed E-state index contributed by atoms with van der Waals surface area (Å²) in [5, 5.41) is 0.424. The van der Waals surface area contributed by atoms with E-state index in [1.807, 2.05) is 0 Å². The maximum Gasteiger partial charge on any atom is 0.0342 e. The van der Waals surface area contributed by atoms with Crippen LogP contribution in [-0.2, 0) is 0 Å². The fourth-order valence-electron chi connectivity index (χ4n) is 5.02. The minimum atomic E-state index is 0.424. The van der Waals surface area contributed by atoms with Gasteiger partial charge in [-0.3, -0.25) is 0 Å². The summed E-state index contributed by atoms with van der Waals surface area (Å²) in [6.07, 6.45) is 17.9. The van der Waals surface area contributed by atoms with Crippen LogP contribution in [0.3, 0.4) is 0 Å². The van der Waals surface area contributed by atoms with Crippen LogP contribution in [0.2, 0.25) is 0 Å². The van der Waals surface area contributed by atoms with Gasteiger partial charge in [-0.2, -0.15) is 0 Å². The fourth-order valence-corrected chi connectivity index (χ4v) is 5.26. The number of rotatable bonds is 5. The van der Waals surface area contributed by atoms with E-state index in [0.717, 1.165) is 23.7 Å². The second-order valence-electron chi connectivity index (χ2n) is 7.90. The van der Waals surface area contributed by atoms with Gasteiger partial charge in [0.2, 0.25) is 0 Å². The molecule has 3 rings (SSSR count). The number of hydrogen-bond donors (Lipinski definition) is 0. The van der Waals surface area contributed by atoms with Gasteiger partial charge in [-0.05, 0) is 81.5 Å². The summed E-state index contributed by atoms with van der Waals surface area (Å²) in [6.45, 7) is 2.47. The highest BCUT2D eigenvalue weighted by molar-refractivity contribution is 6.20. The van der Waals surface area contributed by atoms with E-state index in [1.165, 1.54) is 44.9 Å². The molecule has 114 valence electrons. The zero-order chi connectivity index (χ0) is 13.9. The largest absolute Gasteiger partial charge is 0.123 e. The summed E-state index contributed by atoms with van der Waals surface area (Å²) in [7, 11) is 0. The summed E-state index contributed by atoms with van der Waals surface area (Å²) >= 11 is 6.27. The quantitative estimate of drug-likeness (QED) is 0.410. The molecule has 3 aliphatic carbocycles. The zero-order valence-corrected chi connectivity index (χ0v) is 13.9. The molecule has 0 aromatic heterocycles. The van der Waals surface area contributed by atoms with E-state index in [2.05, 4.69) is 13.0 Å². The predicted octanol–water partition coefficient (Wildman–Crippen LogP) is 6.34. The van der Waals surface area contributed by atoms with Crippen LogP contribution in [-0.4, -0.2) is 5.38 Å². The second kappa shape index (κ2) is 6.86. The van der Waals surface area contributed by atoms with E-state index in [9.17, 15) is 0 Å². The minimum Gasteiger partial charge on any atom is -0.123 e. The molecule has 0 aromatic rings. The Bertz CT molecular complexity index is 346. The average Bonchev–Trinajstić information content (AvgIpc) is 2.99. The molecule has 2 bridgehead atoms. The first kappa shape index (κ1) is 14.9. The van der Waals surface area contributed by atoms with Crippen molar-refractivity contribution >= 4 is 11.6 Å². The Balaban J connectivity index is 1.39. The molecule has 2 fully saturated rings. The van der Waals surface area contributed by atoms with Gasteiger partial charge in [0.05, 0.1) is 0 Å². The smallest absolute Gasteiger partial charge is 0.0342 e. The van der Waals surface area contributed by atoms with Crippen molar-refractivity contribution in [2.24, 2.45) is 23.7 Å². The Kier molecular flexibility index (Phi) is 5.13. The van der Waals surface area contributed by atoms with Crippen molar-refractivity contribution in [2.45, 2.75) is 82.9 Å². The lowest BCUT2D eigenvalue weighted by molar-refractivity contribution is 0.290. The van der Waals surface area contributed by atoms with Crippen LogP contribution in [0.25, 0.3) is 0 Å². The fraction of sp³-hybridized carbons (Fsp3) is 0.895. The lowest BCUT2D eigenvalue weighted by Gasteiger charge is -2.23. The van der Waals surface area contributed by atoms with E-state index >= 15 is 0 Å². The zero-order valence-electron chi connectivity index (χ0n) is 13.1. The van der Waals surface area contributed by atoms with E-state index in [4.69, 9.17) is 11.6 Å². The number of alkyl halides is 1. The molecular formula is C19H31Cl. The first-order valence-electron chi connectivity index (χ1n) is 9.02. The van der Waals surface area contributed by atoms with Gasteiger partial charge in [0, 0.05) is 5.38 Å². The van der Waals surface area contributed by atoms with Gasteiger partial charge in [-0.1, -0.05) is 31.4 Å². The molecule has 0 amide bonds. The minimum absolute atomic E-state index is 0.424. The molecule has 20 heavy (non-hydrogen) atoms. The van der Waals surface area contributed by atoms with Gasteiger partial charge < -0.3 is 0 Å². The molecule has 0 aliphatic heterocycles. The SMILES string of the molecule is CC(CCC1CC2CCC1C2)CC1=CCCC(Cl)CC1. The van der Waals surface area contributed by atoms with Crippen molar-refractivity contribution in [3.8, 4) is 0 Å². The Morgan fingerprint density at radius 3 is 2.85 bits per heavy atom. The summed E-state index contributed by atoms with van der Waals surface area (Å²) < 4.78 is 0. The van der Waals surface area contributed by atoms with Gasteiger partial charge in [0.25, 0.3) is 0 Å². The van der Waals surface area contributed by atoms with Crippen LogP contribution in [0, 0.1) is 23.7 Å². The van der Waals surface area contributed by atoms with Crippen molar-refractivity contribution in [3.63, 3.8) is 0 Å². The van der Waals surface area contributed by atoms with Crippen molar-refractivity contribution in [3.05, 3.63) is 11.6 Å². The first-order valence-corrected chi connectivity index (χ1v) is 9.46. The van der Waals surface area contributed by atoms with E-state index in [0.29, 0.717) is 5.38 Å². The molecule has 0 radical (unpaired) electrons. The topological polar surface area (TPSA) is 0 Å². The van der Waals surface area contributed by atoms with Crippen molar-refractivity contribution in [1.82, 2.24) is 0 Å². The standard InChI is InChI=1S/C19H31Cl/c1-14(11-15-3-2-4-19(20)10-7-15)5-8-17-12-16-6-9-18(17)13-16/h3,14,16-19H,2,4-13H2,1H3. The van der Waals surface area contributed by atoms with Crippen LogP contribution >= 0.6 is 11.6 Å². The lowest BCUT2D eigenvalue weighted by Crippen LogP contribution is -2.12. The van der Waals surface area contributed by atoms with Crippen LogP contribution in [0.15, 0.2) is 11.6 Å². The molecule has 1 heteroatoms. The molecule has 3 aliphatic rings. The Hall–Kier alpha value is 0.0300. The third-order valence-corrected chi connectivity index (χ3v) is 6.65. The monoisotopic (exact) mass is 294 g/mol. The summed E-state index contributed by atoms with van der Waals surface area (Å²) in [4.78, 5) is 0. The number of fused-ring (bicyclic) bond motifs is 2. The lowest BCUT2D eigenvalue weighted by atomic mass is 9.82. The molecular weight excluding hydrogens is 264 g/mol. The predicted molar refractivity (Wildman–Crippen MR) is 88.1 cm³/mol. The Morgan fingerprint density at radius 1 is 1.20 bits per heavy atom. The molecule has 0 N–H and O–H groups in total. The summed E-state index contributed by atoms with van der Waals surface area (Å²) in [5.74, 6) is 4.20. The number of hydrogen-bond acceptors (Lipinski definition) is 0. The number of allylic oxidation sites excluding steroid dienone is 2. The van der Waals surface area contributed by atoms with Crippen molar-refractivity contribution in [1.29, 1.82) is 0 Å². The highest BCUT2D eigenvalue weighted by atomic mass is 35.5. The van der Waals surface area contributed by atoms with Gasteiger partial charge in [0.15, 0.2) is 0 Å². The van der Waals surface area contributed by atoms with Gasteiger partial charge in [-0.25, -0.2) is 0 Å². The average molecular weight is 295 g/mol. The molecule has 5 unspecified atom stereocenters. The van der Waals surface area contributed by atoms with Crippen LogP contribution in [0.4, 0.5) is 0 Å². The highest BCUT2D eigenvalue weighted by Crippen LogP contribution is 2.50. The summed E-state index contributed by atoms with van der Waals surface area (Å²) in [6, 6.07) is 0. The van der Waals surface area contributed by atoms with Crippen LogP contribution in [0.5, 0.6) is 0 Å².